The quantitative estimate of drug-likeness (QED) is 0.414. The molecule has 0 radical (unpaired) electrons. The lowest BCUT2D eigenvalue weighted by molar-refractivity contribution is 0.0987. The molecule has 2 aromatic carbocycles. The molecule has 0 aliphatic heterocycles. The molecule has 0 bridgehead atoms. The van der Waals surface area contributed by atoms with Gasteiger partial charge in [-0.2, -0.15) is 0 Å². The maximum absolute atomic E-state index is 14.1. The lowest BCUT2D eigenvalue weighted by atomic mass is 10.0. The highest BCUT2D eigenvalue weighted by atomic mass is 35.5. The standard InChI is InChI=1S/C21H15ClFN3O2/c1-2-19(27)14-8-13(9-16(23)10-14)18-12-24-20-6-7-21(25-26(18)20)28-17-5-3-4-15(22)11-17/h3-12H,2H2,1H3. The average Bonchev–Trinajstić information content (AvgIpc) is 3.10. The number of ether oxygens (including phenoxy) is 1. The van der Waals surface area contributed by atoms with Crippen LogP contribution in [0.5, 0.6) is 11.6 Å². The number of ketones is 1. The predicted octanol–water partition coefficient (Wildman–Crippen LogP) is 5.57. The number of Topliss-reactive ketones (excluding diaryl/α,β-unsaturated/α-hetero) is 1. The van der Waals surface area contributed by atoms with E-state index in [9.17, 15) is 9.18 Å². The van der Waals surface area contributed by atoms with E-state index in [2.05, 4.69) is 10.1 Å². The van der Waals surface area contributed by atoms with Crippen LogP contribution in [-0.4, -0.2) is 20.4 Å². The summed E-state index contributed by atoms with van der Waals surface area (Å²) in [6.45, 7) is 1.74. The van der Waals surface area contributed by atoms with E-state index in [1.807, 2.05) is 0 Å². The largest absolute Gasteiger partial charge is 0.438 e. The molecule has 2 heterocycles. The lowest BCUT2D eigenvalue weighted by Gasteiger charge is -2.08. The van der Waals surface area contributed by atoms with Crippen molar-refractivity contribution in [1.29, 1.82) is 0 Å². The van der Waals surface area contributed by atoms with Gasteiger partial charge in [0.1, 0.15) is 11.6 Å². The van der Waals surface area contributed by atoms with Crippen LogP contribution < -0.4 is 4.74 Å². The first-order chi connectivity index (χ1) is 13.5. The van der Waals surface area contributed by atoms with Gasteiger partial charge in [0, 0.05) is 28.6 Å². The lowest BCUT2D eigenvalue weighted by Crippen LogP contribution is -2.00. The van der Waals surface area contributed by atoms with Gasteiger partial charge < -0.3 is 4.74 Å². The fraction of sp³-hybridized carbons (Fsp3) is 0.0952. The summed E-state index contributed by atoms with van der Waals surface area (Å²) in [5, 5.41) is 4.99. The van der Waals surface area contributed by atoms with Gasteiger partial charge in [-0.15, -0.1) is 5.10 Å². The van der Waals surface area contributed by atoms with Crippen LogP contribution in [0.25, 0.3) is 16.9 Å². The molecule has 0 saturated heterocycles. The topological polar surface area (TPSA) is 56.5 Å². The molecular formula is C21H15ClFN3O2. The van der Waals surface area contributed by atoms with Crippen molar-refractivity contribution < 1.29 is 13.9 Å². The fourth-order valence-electron chi connectivity index (χ4n) is 2.86. The molecule has 140 valence electrons. The highest BCUT2D eigenvalue weighted by molar-refractivity contribution is 6.30. The maximum Gasteiger partial charge on any atom is 0.237 e. The third-order valence-electron chi connectivity index (χ3n) is 4.19. The first-order valence-electron chi connectivity index (χ1n) is 8.66. The monoisotopic (exact) mass is 395 g/mol. The second-order valence-corrected chi connectivity index (χ2v) is 6.59. The van der Waals surface area contributed by atoms with E-state index in [0.717, 1.165) is 0 Å². The minimum absolute atomic E-state index is 0.132. The van der Waals surface area contributed by atoms with Gasteiger partial charge in [-0.05, 0) is 42.5 Å². The van der Waals surface area contributed by atoms with Crippen LogP contribution in [0.2, 0.25) is 5.02 Å². The van der Waals surface area contributed by atoms with Crippen molar-refractivity contribution in [2.24, 2.45) is 0 Å². The number of aromatic nitrogens is 3. The van der Waals surface area contributed by atoms with E-state index in [1.54, 1.807) is 60.1 Å². The number of fused-ring (bicyclic) bond motifs is 1. The molecule has 0 aliphatic carbocycles. The van der Waals surface area contributed by atoms with E-state index in [-0.39, 0.29) is 5.78 Å². The smallest absolute Gasteiger partial charge is 0.237 e. The molecule has 4 aromatic rings. The Kier molecular flexibility index (Phi) is 4.79. The highest BCUT2D eigenvalue weighted by Crippen LogP contribution is 2.26. The number of halogens is 2. The van der Waals surface area contributed by atoms with Crippen molar-refractivity contribution in [3.8, 4) is 22.9 Å². The van der Waals surface area contributed by atoms with Crippen LogP contribution in [0.4, 0.5) is 4.39 Å². The Morgan fingerprint density at radius 2 is 2.04 bits per heavy atom. The number of rotatable bonds is 5. The van der Waals surface area contributed by atoms with Gasteiger partial charge in [0.05, 0.1) is 11.9 Å². The van der Waals surface area contributed by atoms with E-state index in [4.69, 9.17) is 16.3 Å². The van der Waals surface area contributed by atoms with Gasteiger partial charge in [0.25, 0.3) is 0 Å². The highest BCUT2D eigenvalue weighted by Gasteiger charge is 2.13. The molecule has 0 spiro atoms. The number of hydrogen-bond donors (Lipinski definition) is 0. The molecule has 5 nitrogen and oxygen atoms in total. The number of benzene rings is 2. The van der Waals surface area contributed by atoms with Crippen LogP contribution >= 0.6 is 11.6 Å². The Hall–Kier alpha value is -3.25. The van der Waals surface area contributed by atoms with Gasteiger partial charge in [0.15, 0.2) is 11.4 Å². The van der Waals surface area contributed by atoms with Crippen molar-refractivity contribution in [3.05, 3.63) is 77.2 Å². The minimum atomic E-state index is -0.490. The molecule has 0 N–H and O–H groups in total. The Balaban J connectivity index is 1.76. The third-order valence-corrected chi connectivity index (χ3v) is 4.43. The molecule has 0 amide bonds. The van der Waals surface area contributed by atoms with Crippen molar-refractivity contribution >= 4 is 23.0 Å². The molecular weight excluding hydrogens is 381 g/mol. The maximum atomic E-state index is 14.1. The van der Waals surface area contributed by atoms with Gasteiger partial charge >= 0.3 is 0 Å². The van der Waals surface area contributed by atoms with E-state index in [0.29, 0.717) is 45.5 Å². The molecule has 7 heteroatoms. The summed E-state index contributed by atoms with van der Waals surface area (Å²) in [5.74, 6) is 0.251. The molecule has 0 fully saturated rings. The Morgan fingerprint density at radius 3 is 2.82 bits per heavy atom. The first-order valence-corrected chi connectivity index (χ1v) is 9.03. The second-order valence-electron chi connectivity index (χ2n) is 6.15. The zero-order valence-electron chi connectivity index (χ0n) is 14.9. The fourth-order valence-corrected chi connectivity index (χ4v) is 3.04. The molecule has 28 heavy (non-hydrogen) atoms. The number of imidazole rings is 1. The van der Waals surface area contributed by atoms with Gasteiger partial charge in [-0.25, -0.2) is 13.9 Å². The van der Waals surface area contributed by atoms with Gasteiger partial charge in [0.2, 0.25) is 5.88 Å². The molecule has 0 saturated carbocycles. The Bertz CT molecular complexity index is 1190. The predicted molar refractivity (Wildman–Crippen MR) is 105 cm³/mol. The van der Waals surface area contributed by atoms with Crippen molar-refractivity contribution in [3.63, 3.8) is 0 Å². The van der Waals surface area contributed by atoms with E-state index < -0.39 is 5.82 Å². The number of hydrogen-bond acceptors (Lipinski definition) is 4. The number of carbonyl (C=O) groups is 1. The zero-order chi connectivity index (χ0) is 19.7. The summed E-state index contributed by atoms with van der Waals surface area (Å²) in [4.78, 5) is 16.3. The first kappa shape index (κ1) is 18.1. The van der Waals surface area contributed by atoms with Crippen LogP contribution in [0, 0.1) is 5.82 Å². The molecule has 0 aliphatic rings. The second kappa shape index (κ2) is 7.40. The van der Waals surface area contributed by atoms with Crippen LogP contribution in [0.1, 0.15) is 23.7 Å². The van der Waals surface area contributed by atoms with Crippen molar-refractivity contribution in [2.75, 3.05) is 0 Å². The Labute approximate surface area is 165 Å². The SMILES string of the molecule is CCC(=O)c1cc(F)cc(-c2cnc3ccc(Oc4cccc(Cl)c4)nn23)c1. The third kappa shape index (κ3) is 3.59. The minimum Gasteiger partial charge on any atom is -0.438 e. The van der Waals surface area contributed by atoms with E-state index >= 15 is 0 Å². The average molecular weight is 396 g/mol. The summed E-state index contributed by atoms with van der Waals surface area (Å²) in [7, 11) is 0. The summed E-state index contributed by atoms with van der Waals surface area (Å²) >= 11 is 5.98. The Morgan fingerprint density at radius 1 is 1.18 bits per heavy atom. The number of carbonyl (C=O) groups excluding carboxylic acids is 1. The van der Waals surface area contributed by atoms with Crippen LogP contribution in [0.3, 0.4) is 0 Å². The zero-order valence-corrected chi connectivity index (χ0v) is 15.7. The molecule has 2 aromatic heterocycles. The summed E-state index contributed by atoms with van der Waals surface area (Å²) in [6, 6.07) is 14.6. The van der Waals surface area contributed by atoms with Crippen LogP contribution in [-0.2, 0) is 0 Å². The summed E-state index contributed by atoms with van der Waals surface area (Å²) < 4.78 is 21.4. The van der Waals surface area contributed by atoms with Gasteiger partial charge in [-0.1, -0.05) is 24.6 Å². The molecule has 0 atom stereocenters. The van der Waals surface area contributed by atoms with Crippen molar-refractivity contribution in [1.82, 2.24) is 14.6 Å². The normalized spacial score (nSPS) is 11.0. The van der Waals surface area contributed by atoms with Crippen LogP contribution in [0.15, 0.2) is 60.8 Å². The summed E-state index contributed by atoms with van der Waals surface area (Å²) in [6.07, 6.45) is 1.88. The van der Waals surface area contributed by atoms with E-state index in [1.165, 1.54) is 12.1 Å². The molecule has 0 unspecified atom stereocenters. The summed E-state index contributed by atoms with van der Waals surface area (Å²) in [5.41, 5.74) is 1.95. The molecule has 4 rings (SSSR count). The van der Waals surface area contributed by atoms with Crippen molar-refractivity contribution in [2.45, 2.75) is 13.3 Å². The number of nitrogens with zero attached hydrogens (tertiary/aromatic N) is 3. The van der Waals surface area contributed by atoms with Gasteiger partial charge in [-0.3, -0.25) is 4.79 Å².